The van der Waals surface area contributed by atoms with Crippen molar-refractivity contribution in [3.05, 3.63) is 70.5 Å². The van der Waals surface area contributed by atoms with Gasteiger partial charge in [0.2, 0.25) is 0 Å². The van der Waals surface area contributed by atoms with Gasteiger partial charge in [-0.2, -0.15) is 0 Å². The molecule has 56 heavy (non-hydrogen) atoms. The van der Waals surface area contributed by atoms with Gasteiger partial charge in [0, 0.05) is 39.0 Å². The van der Waals surface area contributed by atoms with Crippen molar-refractivity contribution in [1.82, 2.24) is 35.7 Å². The molecule has 2 aromatic carbocycles. The second kappa shape index (κ2) is 22.1. The predicted octanol–water partition coefficient (Wildman–Crippen LogP) is 2.38. The number of aryl methyl sites for hydroxylation is 2. The maximum absolute atomic E-state index is 13.3. The number of likely N-dealkylation sites (tertiary alicyclic amines) is 1. The number of carbonyl (C=O) groups is 3. The van der Waals surface area contributed by atoms with Crippen molar-refractivity contribution >= 4 is 41.0 Å². The molecule has 0 radical (unpaired) electrons. The van der Waals surface area contributed by atoms with Crippen LogP contribution in [-0.4, -0.2) is 142 Å². The molecule has 0 unspecified atom stereocenters. The lowest BCUT2D eigenvalue weighted by atomic mass is 9.99. The topological polar surface area (TPSA) is 190 Å². The summed E-state index contributed by atoms with van der Waals surface area (Å²) in [5, 5.41) is 8.84. The van der Waals surface area contributed by atoms with Crippen LogP contribution in [0.25, 0.3) is 0 Å². The van der Waals surface area contributed by atoms with E-state index in [9.17, 15) is 14.4 Å². The van der Waals surface area contributed by atoms with Crippen LogP contribution in [0.5, 0.6) is 11.5 Å². The van der Waals surface area contributed by atoms with Crippen LogP contribution in [0.1, 0.15) is 47.3 Å². The molecule has 1 saturated heterocycles. The van der Waals surface area contributed by atoms with Crippen molar-refractivity contribution < 1.29 is 28.3 Å². The summed E-state index contributed by atoms with van der Waals surface area (Å²) < 4.78 is 12.5. The molecule has 1 aliphatic heterocycles. The first-order valence-electron chi connectivity index (χ1n) is 19.3. The zero-order valence-electron chi connectivity index (χ0n) is 33.3. The molecule has 1 atom stereocenters. The van der Waals surface area contributed by atoms with Crippen molar-refractivity contribution in [2.75, 3.05) is 105 Å². The monoisotopic (exact) mass is 795 g/mol. The Hall–Kier alpha value is -4.70. The zero-order valence-corrected chi connectivity index (χ0v) is 34.1. The van der Waals surface area contributed by atoms with Gasteiger partial charge in [0.05, 0.1) is 32.2 Å². The van der Waals surface area contributed by atoms with Crippen molar-refractivity contribution in [3.63, 3.8) is 0 Å². The lowest BCUT2D eigenvalue weighted by molar-refractivity contribution is -0.933. The van der Waals surface area contributed by atoms with E-state index < -0.39 is 5.91 Å². The number of amides is 3. The fourth-order valence-electron chi connectivity index (χ4n) is 6.88. The van der Waals surface area contributed by atoms with E-state index in [2.05, 4.69) is 38.1 Å². The number of nitrogen functional groups attached to an aromatic ring is 2. The Balaban J connectivity index is 1.38. The molecule has 0 spiro atoms. The number of likely N-dealkylation sites (N-methyl/N-ethyl adjacent to an activating group) is 2. The van der Waals surface area contributed by atoms with Gasteiger partial charge in [0.25, 0.3) is 17.7 Å². The Kier molecular flexibility index (Phi) is 17.4. The van der Waals surface area contributed by atoms with E-state index in [0.717, 1.165) is 93.4 Å². The molecule has 16 heteroatoms. The van der Waals surface area contributed by atoms with Gasteiger partial charge < -0.3 is 51.2 Å². The third-order valence-electron chi connectivity index (χ3n) is 9.74. The quantitative estimate of drug-likeness (QED) is 0.0940. The predicted molar refractivity (Wildman–Crippen MR) is 220 cm³/mol. The summed E-state index contributed by atoms with van der Waals surface area (Å²) >= 11 is 6.08. The summed E-state index contributed by atoms with van der Waals surface area (Å²) in [5.74, 6) is 0.518. The van der Waals surface area contributed by atoms with E-state index in [1.807, 2.05) is 74.4 Å². The Morgan fingerprint density at radius 1 is 0.821 bits per heavy atom. The highest BCUT2D eigenvalue weighted by atomic mass is 35.5. The summed E-state index contributed by atoms with van der Waals surface area (Å²) in [7, 11) is 7.84. The number of ether oxygens (including phenoxy) is 2. The fraction of sp³-hybridized carbons (Fsp3) is 0.525. The minimum absolute atomic E-state index is 0.0227. The Labute approximate surface area is 336 Å². The number of quaternary nitrogens is 1. The standard InChI is InChI=1S/C40H59ClN10O5/c1-49(2)19-17-44-34(52)27-55-32-15-5-10-29(24-32)12-7-21-51(23-9-14-31(26-51)46-40(54)36-38(42)48-39(43)37(41)47-36)22-8-13-30-11-6-16-33(25-30)56-28-35(53)45-18-20-50(3)4/h5-6,10-11,15-16,24-25,31H,7-9,12-14,17-23,26-28H2,1-4H3,(H6-,42,43,44,45,46,48,52,53,54)/p+1/t31-/m0/s1. The van der Waals surface area contributed by atoms with E-state index in [1.54, 1.807) is 0 Å². The molecular weight excluding hydrogens is 736 g/mol. The first-order valence-corrected chi connectivity index (χ1v) is 19.7. The summed E-state index contributed by atoms with van der Waals surface area (Å²) in [4.78, 5) is 49.9. The van der Waals surface area contributed by atoms with E-state index in [-0.39, 0.29) is 53.6 Å². The summed E-state index contributed by atoms with van der Waals surface area (Å²) in [5.41, 5.74) is 14.0. The average Bonchev–Trinajstić information content (AvgIpc) is 3.15. The minimum Gasteiger partial charge on any atom is -0.484 e. The number of anilines is 2. The third-order valence-corrected chi connectivity index (χ3v) is 10.0. The number of nitrogens with zero attached hydrogens (tertiary/aromatic N) is 5. The van der Waals surface area contributed by atoms with Crippen LogP contribution in [0.15, 0.2) is 48.5 Å². The summed E-state index contributed by atoms with van der Waals surface area (Å²) in [6.45, 7) is 6.14. The highest BCUT2D eigenvalue weighted by molar-refractivity contribution is 6.31. The molecule has 4 rings (SSSR count). The van der Waals surface area contributed by atoms with Gasteiger partial charge in [-0.15, -0.1) is 0 Å². The van der Waals surface area contributed by atoms with Gasteiger partial charge >= 0.3 is 0 Å². The van der Waals surface area contributed by atoms with Gasteiger partial charge in [0.1, 0.15) is 11.5 Å². The number of benzene rings is 2. The Bertz CT molecular complexity index is 1660. The molecule has 0 aliphatic carbocycles. The van der Waals surface area contributed by atoms with Gasteiger partial charge in [-0.1, -0.05) is 35.9 Å². The summed E-state index contributed by atoms with van der Waals surface area (Å²) in [6, 6.07) is 15.7. The second-order valence-corrected chi connectivity index (χ2v) is 15.4. The van der Waals surface area contributed by atoms with Crippen molar-refractivity contribution in [2.24, 2.45) is 0 Å². The smallest absolute Gasteiger partial charge is 0.274 e. The molecule has 15 nitrogen and oxygen atoms in total. The number of piperidine rings is 1. The van der Waals surface area contributed by atoms with Crippen LogP contribution >= 0.6 is 11.6 Å². The molecule has 7 N–H and O–H groups in total. The van der Waals surface area contributed by atoms with Crippen LogP contribution in [0, 0.1) is 0 Å². The molecule has 0 saturated carbocycles. The number of halogens is 1. The van der Waals surface area contributed by atoms with E-state index in [4.69, 9.17) is 32.5 Å². The molecular formula is C40H60ClN10O5+. The van der Waals surface area contributed by atoms with Crippen LogP contribution in [0.2, 0.25) is 5.15 Å². The van der Waals surface area contributed by atoms with Crippen LogP contribution in [-0.2, 0) is 22.4 Å². The second-order valence-electron chi connectivity index (χ2n) is 15.0. The first-order chi connectivity index (χ1) is 26.8. The number of hydrogen-bond acceptors (Lipinski definition) is 11. The third kappa shape index (κ3) is 15.1. The highest BCUT2D eigenvalue weighted by Gasteiger charge is 2.35. The Morgan fingerprint density at radius 3 is 1.88 bits per heavy atom. The minimum atomic E-state index is -0.423. The number of hydrogen-bond donors (Lipinski definition) is 5. The first kappa shape index (κ1) is 44.0. The van der Waals surface area contributed by atoms with Gasteiger partial charge in [-0.25, -0.2) is 9.97 Å². The van der Waals surface area contributed by atoms with Crippen LogP contribution in [0.3, 0.4) is 0 Å². The molecule has 0 bridgehead atoms. The largest absolute Gasteiger partial charge is 0.484 e. The number of carbonyl (C=O) groups excluding carboxylic acids is 3. The van der Waals surface area contributed by atoms with Gasteiger partial charge in [-0.05, 0) is 89.3 Å². The lowest BCUT2D eigenvalue weighted by Crippen LogP contribution is -2.60. The molecule has 1 aromatic heterocycles. The lowest BCUT2D eigenvalue weighted by Gasteiger charge is -2.45. The number of rotatable bonds is 22. The summed E-state index contributed by atoms with van der Waals surface area (Å²) in [6.07, 6.45) is 5.27. The number of nitrogens with one attached hydrogen (secondary N) is 3. The van der Waals surface area contributed by atoms with Gasteiger partial charge in [-0.3, -0.25) is 14.4 Å². The molecule has 1 fully saturated rings. The highest BCUT2D eigenvalue weighted by Crippen LogP contribution is 2.25. The molecule has 3 amide bonds. The van der Waals surface area contributed by atoms with E-state index in [0.29, 0.717) is 24.6 Å². The zero-order chi connectivity index (χ0) is 40.5. The average molecular weight is 796 g/mol. The normalized spacial score (nSPS) is 15.0. The van der Waals surface area contributed by atoms with Crippen molar-refractivity contribution in [2.45, 2.75) is 44.6 Å². The molecule has 1 aliphatic rings. The van der Waals surface area contributed by atoms with Crippen LogP contribution in [0.4, 0.5) is 11.6 Å². The molecule has 306 valence electrons. The molecule has 3 aromatic rings. The maximum atomic E-state index is 13.3. The van der Waals surface area contributed by atoms with Crippen molar-refractivity contribution in [1.29, 1.82) is 0 Å². The van der Waals surface area contributed by atoms with Crippen molar-refractivity contribution in [3.8, 4) is 11.5 Å². The van der Waals surface area contributed by atoms with E-state index >= 15 is 0 Å². The van der Waals surface area contributed by atoms with E-state index in [1.165, 1.54) is 0 Å². The molecule has 2 heterocycles. The van der Waals surface area contributed by atoms with Crippen LogP contribution < -0.4 is 36.9 Å². The number of nitrogens with two attached hydrogens (primary N) is 2. The van der Waals surface area contributed by atoms with Gasteiger partial charge in [0.15, 0.2) is 35.7 Å². The number of aromatic nitrogens is 2. The maximum Gasteiger partial charge on any atom is 0.274 e. The fourth-order valence-corrected chi connectivity index (χ4v) is 7.00. The SMILES string of the molecule is CN(C)CCNC(=O)COc1cccc(CCC[N+]2(CCCc3cccc(OCC(=O)NCCN(C)C)c3)CCC[C@H](NC(=O)c3nc(Cl)c(N)nc3N)C2)c1. The Morgan fingerprint density at radius 2 is 1.36 bits per heavy atom.